The van der Waals surface area contributed by atoms with E-state index in [1.807, 2.05) is 6.92 Å². The fourth-order valence-corrected chi connectivity index (χ4v) is 3.02. The maximum absolute atomic E-state index is 13.0. The first kappa shape index (κ1) is 17.8. The summed E-state index contributed by atoms with van der Waals surface area (Å²) >= 11 is 0. The van der Waals surface area contributed by atoms with E-state index in [9.17, 15) is 18.8 Å². The number of anilines is 1. The highest BCUT2D eigenvalue weighted by Crippen LogP contribution is 2.27. The fourth-order valence-electron chi connectivity index (χ4n) is 3.02. The topological polar surface area (TPSA) is 66.5 Å². The monoisotopic (exact) mass is 354 g/mol. The van der Waals surface area contributed by atoms with Gasteiger partial charge in [-0.05, 0) is 42.8 Å². The van der Waals surface area contributed by atoms with E-state index in [-0.39, 0.29) is 0 Å². The highest BCUT2D eigenvalue weighted by molar-refractivity contribution is 6.23. The molecule has 134 valence electrons. The van der Waals surface area contributed by atoms with Crippen LogP contribution in [0.15, 0.2) is 48.5 Å². The van der Waals surface area contributed by atoms with E-state index in [0.29, 0.717) is 29.7 Å². The number of nitrogens with zero attached hydrogens (tertiary/aromatic N) is 1. The molecule has 0 aromatic heterocycles. The molecule has 5 nitrogen and oxygen atoms in total. The number of halogens is 1. The molecular weight excluding hydrogens is 335 g/mol. The number of imide groups is 1. The maximum atomic E-state index is 13.0. The second-order valence-electron chi connectivity index (χ2n) is 6.18. The van der Waals surface area contributed by atoms with Gasteiger partial charge in [-0.1, -0.05) is 31.9 Å². The normalized spacial score (nSPS) is 14.3. The van der Waals surface area contributed by atoms with Crippen LogP contribution >= 0.6 is 0 Å². The summed E-state index contributed by atoms with van der Waals surface area (Å²) in [4.78, 5) is 39.2. The van der Waals surface area contributed by atoms with Crippen molar-refractivity contribution in [1.82, 2.24) is 4.90 Å². The number of amides is 3. The third-order valence-corrected chi connectivity index (χ3v) is 4.38. The molecule has 6 heteroatoms. The zero-order valence-corrected chi connectivity index (χ0v) is 14.4. The third kappa shape index (κ3) is 3.35. The molecule has 1 aliphatic rings. The Morgan fingerprint density at radius 1 is 1.04 bits per heavy atom. The number of hydrogen-bond donors (Lipinski definition) is 1. The van der Waals surface area contributed by atoms with Crippen LogP contribution in [0, 0.1) is 5.82 Å². The standard InChI is InChI=1S/C20H19FN2O3/c1-2-3-8-17(18(24)22-14-11-9-13(21)10-12-14)23-19(25)15-6-4-5-7-16(15)20(23)26/h4-7,9-12,17H,2-3,8H2,1H3,(H,22,24). The molecule has 0 aliphatic carbocycles. The zero-order valence-electron chi connectivity index (χ0n) is 14.4. The van der Waals surface area contributed by atoms with Gasteiger partial charge in [-0.15, -0.1) is 0 Å². The summed E-state index contributed by atoms with van der Waals surface area (Å²) in [6.45, 7) is 1.97. The van der Waals surface area contributed by atoms with Crippen molar-refractivity contribution in [3.05, 3.63) is 65.5 Å². The van der Waals surface area contributed by atoms with Crippen LogP contribution in [0.5, 0.6) is 0 Å². The molecule has 2 aromatic carbocycles. The average Bonchev–Trinajstić information content (AvgIpc) is 2.89. The molecular formula is C20H19FN2O3. The Morgan fingerprint density at radius 3 is 2.15 bits per heavy atom. The second-order valence-corrected chi connectivity index (χ2v) is 6.18. The van der Waals surface area contributed by atoms with Crippen LogP contribution in [-0.2, 0) is 4.79 Å². The summed E-state index contributed by atoms with van der Waals surface area (Å²) in [6.07, 6.45) is 1.88. The lowest BCUT2D eigenvalue weighted by atomic mass is 10.1. The van der Waals surface area contributed by atoms with E-state index in [2.05, 4.69) is 5.32 Å². The number of hydrogen-bond acceptors (Lipinski definition) is 3. The highest BCUT2D eigenvalue weighted by Gasteiger charge is 2.42. The number of carbonyl (C=O) groups excluding carboxylic acids is 3. The third-order valence-electron chi connectivity index (χ3n) is 4.38. The van der Waals surface area contributed by atoms with E-state index in [1.165, 1.54) is 24.3 Å². The van der Waals surface area contributed by atoms with E-state index in [4.69, 9.17) is 0 Å². The summed E-state index contributed by atoms with van der Waals surface area (Å²) in [5, 5.41) is 2.67. The van der Waals surface area contributed by atoms with Crippen LogP contribution in [0.3, 0.4) is 0 Å². The molecule has 1 N–H and O–H groups in total. The first-order valence-electron chi connectivity index (χ1n) is 8.56. The molecule has 0 bridgehead atoms. The Hall–Kier alpha value is -3.02. The van der Waals surface area contributed by atoms with Gasteiger partial charge in [0, 0.05) is 5.69 Å². The van der Waals surface area contributed by atoms with Gasteiger partial charge < -0.3 is 5.32 Å². The van der Waals surface area contributed by atoms with Crippen LogP contribution in [0.2, 0.25) is 0 Å². The van der Waals surface area contributed by atoms with Gasteiger partial charge in [0.05, 0.1) is 11.1 Å². The Kier molecular flexibility index (Phi) is 5.11. The Bertz CT molecular complexity index is 813. The molecule has 1 unspecified atom stereocenters. The van der Waals surface area contributed by atoms with Crippen LogP contribution in [0.25, 0.3) is 0 Å². The maximum Gasteiger partial charge on any atom is 0.262 e. The zero-order chi connectivity index (χ0) is 18.7. The first-order valence-corrected chi connectivity index (χ1v) is 8.56. The molecule has 3 rings (SSSR count). The number of carbonyl (C=O) groups is 3. The molecule has 0 radical (unpaired) electrons. The van der Waals surface area contributed by atoms with Gasteiger partial charge >= 0.3 is 0 Å². The van der Waals surface area contributed by atoms with Gasteiger partial charge in [-0.3, -0.25) is 19.3 Å². The minimum absolute atomic E-state index is 0.314. The average molecular weight is 354 g/mol. The molecule has 0 fully saturated rings. The largest absolute Gasteiger partial charge is 0.324 e. The molecule has 1 atom stereocenters. The molecule has 1 heterocycles. The summed E-state index contributed by atoms with van der Waals surface area (Å²) < 4.78 is 13.0. The summed E-state index contributed by atoms with van der Waals surface area (Å²) in [5.74, 6) is -1.78. The molecule has 0 saturated carbocycles. The minimum Gasteiger partial charge on any atom is -0.324 e. The van der Waals surface area contributed by atoms with E-state index in [0.717, 1.165) is 11.3 Å². The van der Waals surface area contributed by atoms with Gasteiger partial charge in [-0.25, -0.2) is 4.39 Å². The van der Waals surface area contributed by atoms with Gasteiger partial charge in [0.15, 0.2) is 0 Å². The van der Waals surface area contributed by atoms with Crippen molar-refractivity contribution in [2.24, 2.45) is 0 Å². The van der Waals surface area contributed by atoms with E-state index < -0.39 is 29.6 Å². The quantitative estimate of drug-likeness (QED) is 0.806. The lowest BCUT2D eigenvalue weighted by molar-refractivity contribution is -0.120. The van der Waals surface area contributed by atoms with Crippen LogP contribution in [0.4, 0.5) is 10.1 Å². The highest BCUT2D eigenvalue weighted by atomic mass is 19.1. The minimum atomic E-state index is -0.910. The van der Waals surface area contributed by atoms with Gasteiger partial charge in [-0.2, -0.15) is 0 Å². The Labute approximate surface area is 150 Å². The van der Waals surface area contributed by atoms with Gasteiger partial charge in [0.2, 0.25) is 5.91 Å². The summed E-state index contributed by atoms with van der Waals surface area (Å²) in [7, 11) is 0. The molecule has 2 aromatic rings. The van der Waals surface area contributed by atoms with Gasteiger partial charge in [0.25, 0.3) is 11.8 Å². The number of fused-ring (bicyclic) bond motifs is 1. The molecule has 0 saturated heterocycles. The van der Waals surface area contributed by atoms with E-state index in [1.54, 1.807) is 24.3 Å². The molecule has 26 heavy (non-hydrogen) atoms. The van der Waals surface area contributed by atoms with Crippen molar-refractivity contribution in [3.63, 3.8) is 0 Å². The number of rotatable bonds is 6. The lowest BCUT2D eigenvalue weighted by Crippen LogP contribution is -2.47. The molecule has 3 amide bonds. The van der Waals surface area contributed by atoms with Crippen molar-refractivity contribution >= 4 is 23.4 Å². The van der Waals surface area contributed by atoms with Crippen LogP contribution in [0.1, 0.15) is 46.9 Å². The van der Waals surface area contributed by atoms with E-state index >= 15 is 0 Å². The van der Waals surface area contributed by atoms with Crippen LogP contribution < -0.4 is 5.32 Å². The lowest BCUT2D eigenvalue weighted by Gasteiger charge is -2.25. The summed E-state index contributed by atoms with van der Waals surface area (Å²) in [6, 6.07) is 11.0. The molecule has 0 spiro atoms. The van der Waals surface area contributed by atoms with Crippen molar-refractivity contribution in [2.75, 3.05) is 5.32 Å². The second kappa shape index (κ2) is 7.47. The SMILES string of the molecule is CCCCC(C(=O)Nc1ccc(F)cc1)N1C(=O)c2ccccc2C1=O. The van der Waals surface area contributed by atoms with Gasteiger partial charge in [0.1, 0.15) is 11.9 Å². The first-order chi connectivity index (χ1) is 12.5. The van der Waals surface area contributed by atoms with Crippen LogP contribution in [-0.4, -0.2) is 28.7 Å². The number of unbranched alkanes of at least 4 members (excludes halogenated alkanes) is 1. The van der Waals surface area contributed by atoms with Crippen molar-refractivity contribution in [2.45, 2.75) is 32.2 Å². The van der Waals surface area contributed by atoms with Crippen molar-refractivity contribution < 1.29 is 18.8 Å². The molecule has 1 aliphatic heterocycles. The summed E-state index contributed by atoms with van der Waals surface area (Å²) in [5.41, 5.74) is 1.04. The Balaban J connectivity index is 1.86. The van der Waals surface area contributed by atoms with Crippen molar-refractivity contribution in [1.29, 1.82) is 0 Å². The number of nitrogens with one attached hydrogen (secondary N) is 1. The van der Waals surface area contributed by atoms with Crippen molar-refractivity contribution in [3.8, 4) is 0 Å². The Morgan fingerprint density at radius 2 is 1.62 bits per heavy atom. The number of benzene rings is 2. The smallest absolute Gasteiger partial charge is 0.262 e. The predicted octanol–water partition coefficient (Wildman–Crippen LogP) is 3.62. The fraction of sp³-hybridized carbons (Fsp3) is 0.250. The predicted molar refractivity (Wildman–Crippen MR) is 95.3 cm³/mol.